The predicted molar refractivity (Wildman–Crippen MR) is 102 cm³/mol. The molecule has 0 aliphatic heterocycles. The molecule has 1 atom stereocenters. The van der Waals surface area contributed by atoms with Crippen LogP contribution in [-0.2, 0) is 10.0 Å². The molecule has 2 rings (SSSR count). The first-order chi connectivity index (χ1) is 12.3. The van der Waals surface area contributed by atoms with Gasteiger partial charge < -0.3 is 5.32 Å². The number of nitrogens with one attached hydrogen (secondary N) is 1. The van der Waals surface area contributed by atoms with E-state index in [2.05, 4.69) is 10.3 Å². The van der Waals surface area contributed by atoms with Gasteiger partial charge in [-0.2, -0.15) is 4.31 Å². The fourth-order valence-corrected chi connectivity index (χ4v) is 4.25. The molecule has 0 spiro atoms. The molecule has 0 fully saturated rings. The summed E-state index contributed by atoms with van der Waals surface area (Å²) in [6, 6.07) is 7.50. The number of carbonyl (C=O) groups excluding carboxylic acids is 1. The summed E-state index contributed by atoms with van der Waals surface area (Å²) < 4.78 is 26.7. The van der Waals surface area contributed by atoms with E-state index in [1.807, 2.05) is 6.92 Å². The number of benzene rings is 1. The van der Waals surface area contributed by atoms with Crippen LogP contribution in [0.1, 0.15) is 42.7 Å². The van der Waals surface area contributed by atoms with Gasteiger partial charge in [-0.15, -0.1) is 0 Å². The van der Waals surface area contributed by atoms with E-state index in [1.165, 1.54) is 22.5 Å². The number of amides is 1. The zero-order valence-electron chi connectivity index (χ0n) is 14.9. The maximum atomic E-state index is 12.7. The molecule has 1 unspecified atom stereocenters. The standard InChI is InChI=1S/C18H22ClN3O3S/c1-4-22(5-2)26(24,25)15-6-7-17(19)16(12-15)18(23)21-13(3)14-8-10-20-11-9-14/h6-13H,4-5H2,1-3H3,(H,21,23). The van der Waals surface area contributed by atoms with Gasteiger partial charge in [0.2, 0.25) is 10.0 Å². The zero-order chi connectivity index (χ0) is 19.3. The van der Waals surface area contributed by atoms with Crippen LogP contribution in [0, 0.1) is 0 Å². The molecular formula is C18H22ClN3O3S. The van der Waals surface area contributed by atoms with Crippen LogP contribution in [0.4, 0.5) is 0 Å². The van der Waals surface area contributed by atoms with Crippen LogP contribution in [-0.4, -0.2) is 36.7 Å². The zero-order valence-corrected chi connectivity index (χ0v) is 16.5. The van der Waals surface area contributed by atoms with Crippen molar-refractivity contribution < 1.29 is 13.2 Å². The molecule has 0 aliphatic rings. The van der Waals surface area contributed by atoms with Gasteiger partial charge in [-0.05, 0) is 42.8 Å². The molecule has 26 heavy (non-hydrogen) atoms. The van der Waals surface area contributed by atoms with Gasteiger partial charge in [0.15, 0.2) is 0 Å². The number of carbonyl (C=O) groups is 1. The Morgan fingerprint density at radius 2 is 1.81 bits per heavy atom. The third-order valence-corrected chi connectivity index (χ3v) is 6.45. The Kier molecular flexibility index (Phi) is 6.75. The predicted octanol–water partition coefficient (Wildman–Crippen LogP) is 3.26. The van der Waals surface area contributed by atoms with Crippen LogP contribution in [0.25, 0.3) is 0 Å². The summed E-state index contributed by atoms with van der Waals surface area (Å²) in [5.74, 6) is -0.434. The Morgan fingerprint density at radius 1 is 1.19 bits per heavy atom. The largest absolute Gasteiger partial charge is 0.345 e. The average molecular weight is 396 g/mol. The quantitative estimate of drug-likeness (QED) is 0.780. The van der Waals surface area contributed by atoms with E-state index >= 15 is 0 Å². The van der Waals surface area contributed by atoms with E-state index in [1.54, 1.807) is 38.4 Å². The summed E-state index contributed by atoms with van der Waals surface area (Å²) in [5, 5.41) is 3.03. The lowest BCUT2D eigenvalue weighted by atomic mass is 10.1. The summed E-state index contributed by atoms with van der Waals surface area (Å²) in [6.07, 6.45) is 3.28. The maximum Gasteiger partial charge on any atom is 0.253 e. The molecule has 0 bridgehead atoms. The molecule has 0 radical (unpaired) electrons. The van der Waals surface area contributed by atoms with Crippen LogP contribution in [0.2, 0.25) is 5.02 Å². The molecule has 0 saturated carbocycles. The van der Waals surface area contributed by atoms with Crippen molar-refractivity contribution >= 4 is 27.5 Å². The number of rotatable bonds is 7. The molecule has 1 amide bonds. The van der Waals surface area contributed by atoms with Crippen molar-refractivity contribution in [1.82, 2.24) is 14.6 Å². The van der Waals surface area contributed by atoms with Crippen LogP contribution in [0.15, 0.2) is 47.6 Å². The molecule has 1 heterocycles. The van der Waals surface area contributed by atoms with Crippen LogP contribution >= 0.6 is 11.6 Å². The lowest BCUT2D eigenvalue weighted by Crippen LogP contribution is -2.31. The van der Waals surface area contributed by atoms with Crippen molar-refractivity contribution in [3.63, 3.8) is 0 Å². The Morgan fingerprint density at radius 3 is 2.38 bits per heavy atom. The Labute approximate surface area is 159 Å². The number of hydrogen-bond donors (Lipinski definition) is 1. The summed E-state index contributed by atoms with van der Waals surface area (Å²) in [4.78, 5) is 16.6. The van der Waals surface area contributed by atoms with E-state index < -0.39 is 15.9 Å². The lowest BCUT2D eigenvalue weighted by molar-refractivity contribution is 0.0940. The van der Waals surface area contributed by atoms with E-state index in [4.69, 9.17) is 11.6 Å². The first-order valence-corrected chi connectivity index (χ1v) is 10.1. The van der Waals surface area contributed by atoms with Gasteiger partial charge in [-0.25, -0.2) is 8.42 Å². The van der Waals surface area contributed by atoms with Crippen LogP contribution in [0.5, 0.6) is 0 Å². The maximum absolute atomic E-state index is 12.7. The van der Waals surface area contributed by atoms with Crippen molar-refractivity contribution in [1.29, 1.82) is 0 Å². The monoisotopic (exact) mass is 395 g/mol. The van der Waals surface area contributed by atoms with E-state index in [9.17, 15) is 13.2 Å². The summed E-state index contributed by atoms with van der Waals surface area (Å²) >= 11 is 6.14. The van der Waals surface area contributed by atoms with E-state index in [0.29, 0.717) is 13.1 Å². The van der Waals surface area contributed by atoms with Crippen molar-refractivity contribution in [3.8, 4) is 0 Å². The SMILES string of the molecule is CCN(CC)S(=O)(=O)c1ccc(Cl)c(C(=O)NC(C)c2ccncc2)c1. The number of hydrogen-bond acceptors (Lipinski definition) is 4. The molecule has 0 saturated heterocycles. The van der Waals surface area contributed by atoms with Crippen LogP contribution < -0.4 is 5.32 Å². The first-order valence-electron chi connectivity index (χ1n) is 8.31. The highest BCUT2D eigenvalue weighted by Gasteiger charge is 2.24. The Bertz CT molecular complexity index is 869. The summed E-state index contributed by atoms with van der Waals surface area (Å²) in [5.41, 5.74) is 1.01. The van der Waals surface area contributed by atoms with Crippen LogP contribution in [0.3, 0.4) is 0 Å². The van der Waals surface area contributed by atoms with Crippen molar-refractivity contribution in [2.24, 2.45) is 0 Å². The highest BCUT2D eigenvalue weighted by Crippen LogP contribution is 2.24. The minimum Gasteiger partial charge on any atom is -0.345 e. The second-order valence-electron chi connectivity index (χ2n) is 5.71. The van der Waals surface area contributed by atoms with Crippen molar-refractivity contribution in [3.05, 3.63) is 58.9 Å². The third-order valence-electron chi connectivity index (χ3n) is 4.08. The molecule has 2 aromatic rings. The highest BCUT2D eigenvalue weighted by molar-refractivity contribution is 7.89. The van der Waals surface area contributed by atoms with Crippen molar-refractivity contribution in [2.75, 3.05) is 13.1 Å². The number of nitrogens with zero attached hydrogens (tertiary/aromatic N) is 2. The van der Waals surface area contributed by atoms with E-state index in [0.717, 1.165) is 5.56 Å². The van der Waals surface area contributed by atoms with Gasteiger partial charge >= 0.3 is 0 Å². The summed E-state index contributed by atoms with van der Waals surface area (Å²) in [6.45, 7) is 6.06. The van der Waals surface area contributed by atoms with Gasteiger partial charge in [0.25, 0.3) is 5.91 Å². The van der Waals surface area contributed by atoms with Gasteiger partial charge in [-0.3, -0.25) is 9.78 Å². The molecule has 6 nitrogen and oxygen atoms in total. The first kappa shape index (κ1) is 20.4. The fraction of sp³-hybridized carbons (Fsp3) is 0.333. The molecule has 140 valence electrons. The second-order valence-corrected chi connectivity index (χ2v) is 8.05. The number of sulfonamides is 1. The van der Waals surface area contributed by atoms with Crippen molar-refractivity contribution in [2.45, 2.75) is 31.7 Å². The lowest BCUT2D eigenvalue weighted by Gasteiger charge is -2.19. The Hall–Kier alpha value is -1.96. The molecular weight excluding hydrogens is 374 g/mol. The highest BCUT2D eigenvalue weighted by atomic mass is 35.5. The van der Waals surface area contributed by atoms with Gasteiger partial charge in [0.1, 0.15) is 0 Å². The molecule has 1 aromatic carbocycles. The van der Waals surface area contributed by atoms with Gasteiger partial charge in [-0.1, -0.05) is 25.4 Å². The summed E-state index contributed by atoms with van der Waals surface area (Å²) in [7, 11) is -3.67. The normalized spacial score (nSPS) is 12.8. The molecule has 1 aromatic heterocycles. The smallest absolute Gasteiger partial charge is 0.253 e. The number of aromatic nitrogens is 1. The van der Waals surface area contributed by atoms with Gasteiger partial charge in [0.05, 0.1) is 21.5 Å². The fourth-order valence-electron chi connectivity index (χ4n) is 2.56. The third kappa shape index (κ3) is 4.41. The number of pyridine rings is 1. The molecule has 1 N–H and O–H groups in total. The minimum atomic E-state index is -3.67. The Balaban J connectivity index is 2.31. The molecule has 8 heteroatoms. The number of halogens is 1. The van der Waals surface area contributed by atoms with E-state index in [-0.39, 0.29) is 21.5 Å². The minimum absolute atomic E-state index is 0.0484. The topological polar surface area (TPSA) is 79.4 Å². The average Bonchev–Trinajstić information content (AvgIpc) is 2.63. The molecule has 0 aliphatic carbocycles. The van der Waals surface area contributed by atoms with Gasteiger partial charge in [0, 0.05) is 25.5 Å². The second kappa shape index (κ2) is 8.62.